The Bertz CT molecular complexity index is 727. The maximum absolute atomic E-state index is 12.5. The average Bonchev–Trinajstić information content (AvgIpc) is 2.48. The van der Waals surface area contributed by atoms with Gasteiger partial charge in [-0.05, 0) is 37.1 Å². The number of benzene rings is 1. The summed E-state index contributed by atoms with van der Waals surface area (Å²) in [5, 5.41) is 8.89. The van der Waals surface area contributed by atoms with Crippen LogP contribution < -0.4 is 4.74 Å². The van der Waals surface area contributed by atoms with Crippen LogP contribution in [0.25, 0.3) is 0 Å². The van der Waals surface area contributed by atoms with Crippen LogP contribution in [0.2, 0.25) is 0 Å². The van der Waals surface area contributed by atoms with Crippen LogP contribution in [0.1, 0.15) is 18.4 Å². The van der Waals surface area contributed by atoms with Crippen molar-refractivity contribution in [2.24, 2.45) is 0 Å². The topological polar surface area (TPSA) is 83.9 Å². The fourth-order valence-corrected chi connectivity index (χ4v) is 2.94. The van der Waals surface area contributed by atoms with Crippen molar-refractivity contribution in [1.29, 1.82) is 0 Å². The third kappa shape index (κ3) is 4.48. The molecule has 0 unspecified atom stereocenters. The van der Waals surface area contributed by atoms with Crippen molar-refractivity contribution in [3.05, 3.63) is 29.8 Å². The number of hydrogen-bond donors (Lipinski definition) is 1. The van der Waals surface area contributed by atoms with Gasteiger partial charge in [0.25, 0.3) is 0 Å². The second-order valence-corrected chi connectivity index (χ2v) is 6.03. The molecular weight excluding hydrogens is 351 g/mol. The summed E-state index contributed by atoms with van der Waals surface area (Å²) in [6.07, 6.45) is -4.03. The van der Waals surface area contributed by atoms with E-state index in [1.54, 1.807) is 0 Å². The molecule has 6 nitrogen and oxygen atoms in total. The van der Waals surface area contributed by atoms with E-state index >= 15 is 0 Å². The Morgan fingerprint density at radius 2 is 1.71 bits per heavy atom. The maximum Gasteiger partial charge on any atom is 0.416 e. The fraction of sp³-hybridized carbons (Fsp3) is 0.429. The van der Waals surface area contributed by atoms with E-state index < -0.39 is 33.0 Å². The van der Waals surface area contributed by atoms with E-state index in [-0.39, 0.29) is 24.9 Å². The van der Waals surface area contributed by atoms with Crippen molar-refractivity contribution in [3.63, 3.8) is 0 Å². The van der Waals surface area contributed by atoms with Gasteiger partial charge in [-0.2, -0.15) is 21.6 Å². The Morgan fingerprint density at radius 3 is 2.12 bits per heavy atom. The Hall–Kier alpha value is -2.07. The number of halogens is 3. The van der Waals surface area contributed by atoms with Crippen LogP contribution in [-0.2, 0) is 21.3 Å². The molecule has 1 heterocycles. The molecule has 1 aliphatic rings. The molecule has 1 aromatic carbocycles. The molecule has 1 N–H and O–H groups in total. The normalized spacial score (nSPS) is 16.6. The zero-order valence-corrected chi connectivity index (χ0v) is 13.1. The molecule has 10 heteroatoms. The number of carbonyl (C=O) groups is 1. The SMILES string of the molecule is O=C(O)C(N1CCC(Oc2ccc(C(F)(F)F)cc2)CC1)=S(=O)=O. The van der Waals surface area contributed by atoms with Crippen LogP contribution >= 0.6 is 0 Å². The Kier molecular flexibility index (Phi) is 5.50. The van der Waals surface area contributed by atoms with Crippen LogP contribution in [0.5, 0.6) is 5.75 Å². The summed E-state index contributed by atoms with van der Waals surface area (Å²) < 4.78 is 64.9. The van der Waals surface area contributed by atoms with Crippen LogP contribution in [0.4, 0.5) is 13.2 Å². The number of aliphatic carboxylic acids is 1. The fourth-order valence-electron chi connectivity index (χ4n) is 2.40. The number of nitrogens with zero attached hydrogens (tertiary/aromatic N) is 1. The third-order valence-electron chi connectivity index (χ3n) is 3.55. The molecule has 0 atom stereocenters. The van der Waals surface area contributed by atoms with Gasteiger partial charge >= 0.3 is 12.1 Å². The average molecular weight is 365 g/mol. The number of piperidine rings is 1. The van der Waals surface area contributed by atoms with Crippen molar-refractivity contribution >= 4 is 21.3 Å². The van der Waals surface area contributed by atoms with Gasteiger partial charge in [0.05, 0.1) is 5.56 Å². The first kappa shape index (κ1) is 18.3. The molecule has 2 rings (SSSR count). The van der Waals surface area contributed by atoms with E-state index in [9.17, 15) is 26.4 Å². The van der Waals surface area contributed by atoms with Gasteiger partial charge < -0.3 is 9.84 Å². The highest BCUT2D eigenvalue weighted by Crippen LogP contribution is 2.30. The summed E-state index contributed by atoms with van der Waals surface area (Å²) in [5.41, 5.74) is -0.775. The van der Waals surface area contributed by atoms with Gasteiger partial charge in [-0.25, -0.2) is 4.79 Å². The van der Waals surface area contributed by atoms with E-state index in [4.69, 9.17) is 9.84 Å². The van der Waals surface area contributed by atoms with Crippen LogP contribution in [0, 0.1) is 0 Å². The zero-order valence-electron chi connectivity index (χ0n) is 12.3. The van der Waals surface area contributed by atoms with Crippen molar-refractivity contribution in [2.45, 2.75) is 25.1 Å². The molecular formula is C14H14F3NO5S. The molecule has 24 heavy (non-hydrogen) atoms. The molecule has 1 aromatic rings. The molecule has 1 aliphatic heterocycles. The number of ether oxygens (including phenoxy) is 1. The lowest BCUT2D eigenvalue weighted by Crippen LogP contribution is -2.45. The van der Waals surface area contributed by atoms with Crippen molar-refractivity contribution in [3.8, 4) is 5.75 Å². The monoisotopic (exact) mass is 365 g/mol. The smallest absolute Gasteiger partial charge is 0.416 e. The number of alkyl halides is 3. The Labute approximate surface area is 137 Å². The van der Waals surface area contributed by atoms with Gasteiger partial charge in [0.15, 0.2) is 0 Å². The highest BCUT2D eigenvalue weighted by molar-refractivity contribution is 7.74. The molecule has 0 aliphatic carbocycles. The van der Waals surface area contributed by atoms with E-state index in [1.165, 1.54) is 17.0 Å². The van der Waals surface area contributed by atoms with E-state index in [1.807, 2.05) is 0 Å². The number of carboxylic acid groups (broad SMARTS) is 1. The molecule has 0 saturated carbocycles. The molecule has 0 radical (unpaired) electrons. The Morgan fingerprint density at radius 1 is 1.17 bits per heavy atom. The maximum atomic E-state index is 12.5. The van der Waals surface area contributed by atoms with Crippen molar-refractivity contribution < 1.29 is 36.2 Å². The van der Waals surface area contributed by atoms with Crippen LogP contribution in [0.15, 0.2) is 24.3 Å². The molecule has 132 valence electrons. The summed E-state index contributed by atoms with van der Waals surface area (Å²) >= 11 is 0. The summed E-state index contributed by atoms with van der Waals surface area (Å²) in [4.78, 5) is 11.5. The lowest BCUT2D eigenvalue weighted by Gasteiger charge is -2.30. The second-order valence-electron chi connectivity index (χ2n) is 5.17. The standard InChI is InChI=1S/C14H14F3NO5S/c15-14(16,17)9-1-3-10(4-2-9)23-11-5-7-18(8-6-11)12(13(19)20)24(21)22/h1-4,11H,5-8H2,(H,19,20). The summed E-state index contributed by atoms with van der Waals surface area (Å²) in [5.74, 6) is -1.25. The van der Waals surface area contributed by atoms with E-state index in [0.717, 1.165) is 12.1 Å². The van der Waals surface area contributed by atoms with Gasteiger partial charge in [-0.1, -0.05) is 0 Å². The predicted molar refractivity (Wildman–Crippen MR) is 78.2 cm³/mol. The lowest BCUT2D eigenvalue weighted by molar-refractivity contribution is -0.137. The number of hydrogen-bond acceptors (Lipinski definition) is 4. The molecule has 0 aromatic heterocycles. The Balaban J connectivity index is 1.96. The largest absolute Gasteiger partial charge is 0.490 e. The minimum atomic E-state index is -4.42. The minimum absolute atomic E-state index is 0.168. The first-order valence-corrected chi connectivity index (χ1v) is 8.04. The number of carboxylic acids is 1. The molecule has 1 saturated heterocycles. The van der Waals surface area contributed by atoms with Crippen LogP contribution in [-0.4, -0.2) is 48.6 Å². The summed E-state index contributed by atoms with van der Waals surface area (Å²) in [7, 11) is -2.85. The minimum Gasteiger partial charge on any atom is -0.490 e. The zero-order chi connectivity index (χ0) is 17.9. The number of likely N-dealkylation sites (tertiary alicyclic amines) is 1. The molecule has 0 amide bonds. The summed E-state index contributed by atoms with van der Waals surface area (Å²) in [6, 6.07) is 4.27. The lowest BCUT2D eigenvalue weighted by atomic mass is 10.1. The second kappa shape index (κ2) is 7.22. The first-order chi connectivity index (χ1) is 11.2. The summed E-state index contributed by atoms with van der Waals surface area (Å²) in [6.45, 7) is 0.335. The number of rotatable bonds is 2. The highest BCUT2D eigenvalue weighted by atomic mass is 32.2. The van der Waals surface area contributed by atoms with Crippen molar-refractivity contribution in [1.82, 2.24) is 4.90 Å². The predicted octanol–water partition coefficient (Wildman–Crippen LogP) is 1.64. The third-order valence-corrected chi connectivity index (χ3v) is 4.30. The highest BCUT2D eigenvalue weighted by Gasteiger charge is 2.31. The molecule has 0 spiro atoms. The van der Waals surface area contributed by atoms with Gasteiger partial charge in [0.2, 0.25) is 15.3 Å². The van der Waals surface area contributed by atoms with Gasteiger partial charge in [0, 0.05) is 13.1 Å². The van der Waals surface area contributed by atoms with Crippen LogP contribution in [0.3, 0.4) is 0 Å². The van der Waals surface area contributed by atoms with Crippen molar-refractivity contribution in [2.75, 3.05) is 13.1 Å². The van der Waals surface area contributed by atoms with Gasteiger partial charge in [-0.3, -0.25) is 4.90 Å². The quantitative estimate of drug-likeness (QED) is 0.803. The molecule has 0 bridgehead atoms. The van der Waals surface area contributed by atoms with E-state index in [2.05, 4.69) is 0 Å². The van der Waals surface area contributed by atoms with E-state index in [0.29, 0.717) is 12.8 Å². The van der Waals surface area contributed by atoms with Gasteiger partial charge in [0.1, 0.15) is 11.9 Å². The first-order valence-electron chi connectivity index (χ1n) is 6.97. The molecule has 1 fully saturated rings. The van der Waals surface area contributed by atoms with Gasteiger partial charge in [-0.15, -0.1) is 0 Å².